The molecule has 2 aromatic rings. The van der Waals surface area contributed by atoms with Crippen molar-refractivity contribution in [2.24, 2.45) is 11.7 Å². The molecule has 2 N–H and O–H groups in total. The van der Waals surface area contributed by atoms with E-state index in [2.05, 4.69) is 24.9 Å². The molecule has 0 unspecified atom stereocenters. The van der Waals surface area contributed by atoms with Gasteiger partial charge in [-0.25, -0.2) is 4.98 Å². The molecule has 0 radical (unpaired) electrons. The number of rotatable bonds is 4. The second-order valence-electron chi connectivity index (χ2n) is 5.14. The molecule has 1 aromatic carbocycles. The molecule has 0 bridgehead atoms. The van der Waals surface area contributed by atoms with E-state index in [1.54, 1.807) is 0 Å². The largest absolute Gasteiger partial charge is 0.324 e. The van der Waals surface area contributed by atoms with Gasteiger partial charge in [-0.1, -0.05) is 43.6 Å². The van der Waals surface area contributed by atoms with Crippen LogP contribution in [0.5, 0.6) is 0 Å². The zero-order valence-corrected chi connectivity index (χ0v) is 12.8. The van der Waals surface area contributed by atoms with Crippen LogP contribution in [0.3, 0.4) is 0 Å². The monoisotopic (exact) mass is 298 g/mol. The topological polar surface area (TPSA) is 38.9 Å². The van der Waals surface area contributed by atoms with Crippen LogP contribution in [0.2, 0.25) is 5.15 Å². The second kappa shape index (κ2) is 7.09. The quantitative estimate of drug-likeness (QED) is 0.828. The number of para-hydroxylation sites is 1. The second-order valence-corrected chi connectivity index (χ2v) is 5.50. The maximum atomic E-state index is 6.22. The summed E-state index contributed by atoms with van der Waals surface area (Å²) in [6.07, 6.45) is 2.04. The number of aromatic nitrogens is 1. The lowest BCUT2D eigenvalue weighted by Crippen LogP contribution is -2.12. The minimum Gasteiger partial charge on any atom is -0.324 e. The van der Waals surface area contributed by atoms with Crippen molar-refractivity contribution in [2.45, 2.75) is 32.7 Å². The smallest absolute Gasteiger partial charge is 0.134 e. The van der Waals surface area contributed by atoms with Crippen LogP contribution in [-0.2, 0) is 0 Å². The third-order valence-electron chi connectivity index (χ3n) is 3.16. The van der Waals surface area contributed by atoms with Gasteiger partial charge in [-0.05, 0) is 30.9 Å². The van der Waals surface area contributed by atoms with Crippen molar-refractivity contribution in [1.29, 1.82) is 0 Å². The van der Waals surface area contributed by atoms with Crippen molar-refractivity contribution in [3.8, 4) is 0 Å². The summed E-state index contributed by atoms with van der Waals surface area (Å²) < 4.78 is 0. The lowest BCUT2D eigenvalue weighted by atomic mass is 9.98. The average Bonchev–Trinajstić information content (AvgIpc) is 2.35. The summed E-state index contributed by atoms with van der Waals surface area (Å²) in [5, 5.41) is 1.63. The predicted octanol–water partition coefficient (Wildman–Crippen LogP) is 4.75. The summed E-state index contributed by atoms with van der Waals surface area (Å²) in [4.78, 5) is 4.41. The van der Waals surface area contributed by atoms with Crippen LogP contribution in [0.25, 0.3) is 10.9 Å². The summed E-state index contributed by atoms with van der Waals surface area (Å²) in [6.45, 7) is 4.40. The van der Waals surface area contributed by atoms with E-state index in [4.69, 9.17) is 17.3 Å². The Labute approximate surface area is 125 Å². The van der Waals surface area contributed by atoms with E-state index >= 15 is 0 Å². The standard InChI is InChI=1S/C15H19ClN2.ClH/c1-10(2)7-8-13(17)12-9-11-5-3-4-6-14(11)18-15(12)16;/h3-6,9-10,13H,7-8,17H2,1-2H3;1H/t13-;/m0./s1. The maximum Gasteiger partial charge on any atom is 0.134 e. The molecule has 19 heavy (non-hydrogen) atoms. The molecule has 104 valence electrons. The van der Waals surface area contributed by atoms with Gasteiger partial charge in [0.2, 0.25) is 0 Å². The highest BCUT2D eigenvalue weighted by Crippen LogP contribution is 2.27. The van der Waals surface area contributed by atoms with Gasteiger partial charge in [-0.3, -0.25) is 0 Å². The number of pyridine rings is 1. The van der Waals surface area contributed by atoms with E-state index in [9.17, 15) is 0 Å². The van der Waals surface area contributed by atoms with Crippen LogP contribution >= 0.6 is 24.0 Å². The third kappa shape index (κ3) is 4.07. The summed E-state index contributed by atoms with van der Waals surface area (Å²) in [5.74, 6) is 0.656. The van der Waals surface area contributed by atoms with Crippen molar-refractivity contribution in [3.63, 3.8) is 0 Å². The van der Waals surface area contributed by atoms with Gasteiger partial charge in [0.25, 0.3) is 0 Å². The molecule has 0 aliphatic carbocycles. The molecule has 2 nitrogen and oxygen atoms in total. The highest BCUT2D eigenvalue weighted by atomic mass is 35.5. The van der Waals surface area contributed by atoms with Crippen LogP contribution in [0.1, 0.15) is 38.3 Å². The number of hydrogen-bond acceptors (Lipinski definition) is 2. The maximum absolute atomic E-state index is 6.22. The molecule has 4 heteroatoms. The average molecular weight is 299 g/mol. The Morgan fingerprint density at radius 2 is 1.89 bits per heavy atom. The molecule has 0 aliphatic heterocycles. The predicted molar refractivity (Wildman–Crippen MR) is 85.0 cm³/mol. The number of halogens is 2. The minimum atomic E-state index is -0.0305. The van der Waals surface area contributed by atoms with E-state index in [0.29, 0.717) is 11.1 Å². The van der Waals surface area contributed by atoms with Crippen LogP contribution in [0.15, 0.2) is 30.3 Å². The Morgan fingerprint density at radius 3 is 2.58 bits per heavy atom. The number of nitrogens with two attached hydrogens (primary N) is 1. The zero-order chi connectivity index (χ0) is 13.1. The van der Waals surface area contributed by atoms with Crippen molar-refractivity contribution in [3.05, 3.63) is 41.0 Å². The number of benzene rings is 1. The molecular formula is C15H20Cl2N2. The van der Waals surface area contributed by atoms with E-state index in [-0.39, 0.29) is 18.4 Å². The van der Waals surface area contributed by atoms with E-state index in [0.717, 1.165) is 29.3 Å². The van der Waals surface area contributed by atoms with Crippen LogP contribution < -0.4 is 5.73 Å². The van der Waals surface area contributed by atoms with Crippen molar-refractivity contribution in [1.82, 2.24) is 4.98 Å². The van der Waals surface area contributed by atoms with Crippen LogP contribution in [0.4, 0.5) is 0 Å². The normalized spacial score (nSPS) is 12.5. The van der Waals surface area contributed by atoms with E-state index in [1.807, 2.05) is 24.3 Å². The first-order valence-electron chi connectivity index (χ1n) is 6.38. The third-order valence-corrected chi connectivity index (χ3v) is 3.46. The van der Waals surface area contributed by atoms with Gasteiger partial charge >= 0.3 is 0 Å². The Morgan fingerprint density at radius 1 is 1.21 bits per heavy atom. The molecular weight excluding hydrogens is 279 g/mol. The van der Waals surface area contributed by atoms with Gasteiger partial charge in [0.1, 0.15) is 5.15 Å². The van der Waals surface area contributed by atoms with Gasteiger partial charge < -0.3 is 5.73 Å². The van der Waals surface area contributed by atoms with Crippen LogP contribution in [-0.4, -0.2) is 4.98 Å². The van der Waals surface area contributed by atoms with Gasteiger partial charge in [0.05, 0.1) is 5.52 Å². The Bertz CT molecular complexity index is 541. The molecule has 1 heterocycles. The zero-order valence-electron chi connectivity index (χ0n) is 11.3. The van der Waals surface area contributed by atoms with Crippen molar-refractivity contribution >= 4 is 34.9 Å². The first-order valence-corrected chi connectivity index (χ1v) is 6.76. The van der Waals surface area contributed by atoms with Gasteiger partial charge in [0.15, 0.2) is 0 Å². The first kappa shape index (κ1) is 16.2. The van der Waals surface area contributed by atoms with Crippen molar-refractivity contribution < 1.29 is 0 Å². The lowest BCUT2D eigenvalue weighted by Gasteiger charge is -2.15. The fraction of sp³-hybridized carbons (Fsp3) is 0.400. The fourth-order valence-electron chi connectivity index (χ4n) is 2.04. The minimum absolute atomic E-state index is 0. The number of fused-ring (bicyclic) bond motifs is 1. The summed E-state index contributed by atoms with van der Waals surface area (Å²) in [6, 6.07) is 10.0. The fourth-order valence-corrected chi connectivity index (χ4v) is 2.32. The number of nitrogens with zero attached hydrogens (tertiary/aromatic N) is 1. The molecule has 0 amide bonds. The van der Waals surface area contributed by atoms with E-state index in [1.165, 1.54) is 0 Å². The molecule has 0 saturated heterocycles. The molecule has 1 atom stereocenters. The summed E-state index contributed by atoms with van der Waals surface area (Å²) in [5.41, 5.74) is 8.08. The van der Waals surface area contributed by atoms with Gasteiger partial charge in [-0.2, -0.15) is 0 Å². The van der Waals surface area contributed by atoms with E-state index < -0.39 is 0 Å². The Kier molecular flexibility index (Phi) is 6.05. The van der Waals surface area contributed by atoms with Gasteiger partial charge in [0, 0.05) is 17.0 Å². The van der Waals surface area contributed by atoms with Gasteiger partial charge in [-0.15, -0.1) is 12.4 Å². The summed E-state index contributed by atoms with van der Waals surface area (Å²) >= 11 is 6.22. The molecule has 2 rings (SSSR count). The Hall–Kier alpha value is -0.830. The Balaban J connectivity index is 0.00000180. The molecule has 1 aromatic heterocycles. The van der Waals surface area contributed by atoms with Crippen LogP contribution in [0, 0.1) is 5.92 Å². The molecule has 0 fully saturated rings. The first-order chi connectivity index (χ1) is 8.58. The number of hydrogen-bond donors (Lipinski definition) is 1. The molecule has 0 spiro atoms. The van der Waals surface area contributed by atoms with Crippen molar-refractivity contribution in [2.75, 3.05) is 0 Å². The molecule has 0 saturated carbocycles. The molecule has 0 aliphatic rings. The summed E-state index contributed by atoms with van der Waals surface area (Å²) in [7, 11) is 0. The highest BCUT2D eigenvalue weighted by Gasteiger charge is 2.13. The SMILES string of the molecule is CC(C)CC[C@H](N)c1cc2ccccc2nc1Cl.Cl. The lowest BCUT2D eigenvalue weighted by molar-refractivity contribution is 0.507. The highest BCUT2D eigenvalue weighted by molar-refractivity contribution is 6.30.